The number of hydrogen-bond donors (Lipinski definition) is 1. The van der Waals surface area contributed by atoms with Gasteiger partial charge in [-0.05, 0) is 55.7 Å². The largest absolute Gasteiger partial charge is 0.491 e. The Morgan fingerprint density at radius 2 is 1.87 bits per heavy atom. The topological polar surface area (TPSA) is 84.9 Å². The number of rotatable bonds is 8. The quantitative estimate of drug-likeness (QED) is 0.674. The summed E-state index contributed by atoms with van der Waals surface area (Å²) in [5.41, 5.74) is 2.70. The zero-order valence-corrected chi connectivity index (χ0v) is 19.2. The highest BCUT2D eigenvalue weighted by Crippen LogP contribution is 2.29. The molecule has 2 aromatic carbocycles. The van der Waals surface area contributed by atoms with Crippen LogP contribution in [0, 0.1) is 19.8 Å². The summed E-state index contributed by atoms with van der Waals surface area (Å²) in [7, 11) is -3.74. The number of amides is 1. The summed E-state index contributed by atoms with van der Waals surface area (Å²) in [6, 6.07) is 12.2. The van der Waals surface area contributed by atoms with Gasteiger partial charge in [0.15, 0.2) is 0 Å². The Bertz CT molecular complexity index is 1010. The lowest BCUT2D eigenvalue weighted by Gasteiger charge is -2.28. The number of carbonyl (C=O) groups excluding carboxylic acids is 1. The summed E-state index contributed by atoms with van der Waals surface area (Å²) >= 11 is 0. The highest BCUT2D eigenvalue weighted by Gasteiger charge is 2.27. The van der Waals surface area contributed by atoms with Crippen molar-refractivity contribution in [3.8, 4) is 5.75 Å². The van der Waals surface area contributed by atoms with Gasteiger partial charge in [0.25, 0.3) is 10.0 Å². The van der Waals surface area contributed by atoms with Gasteiger partial charge in [-0.2, -0.15) is 0 Å². The number of ether oxygens (including phenoxy) is 2. The molecule has 7 nitrogen and oxygen atoms in total. The van der Waals surface area contributed by atoms with E-state index in [0.717, 1.165) is 11.1 Å². The van der Waals surface area contributed by atoms with Crippen molar-refractivity contribution in [2.75, 3.05) is 30.6 Å². The monoisotopic (exact) mass is 446 g/mol. The van der Waals surface area contributed by atoms with Crippen LogP contribution in [0.25, 0.3) is 0 Å². The van der Waals surface area contributed by atoms with Gasteiger partial charge in [-0.15, -0.1) is 0 Å². The molecule has 1 saturated heterocycles. The lowest BCUT2D eigenvalue weighted by Crippen LogP contribution is -2.45. The van der Waals surface area contributed by atoms with Crippen molar-refractivity contribution in [3.63, 3.8) is 0 Å². The number of aryl methyl sites for hydroxylation is 2. The van der Waals surface area contributed by atoms with Gasteiger partial charge in [-0.1, -0.05) is 31.5 Å². The molecule has 8 heteroatoms. The maximum absolute atomic E-state index is 13.5. The number of morpholine rings is 1. The second-order valence-electron chi connectivity index (χ2n) is 8.24. The molecule has 31 heavy (non-hydrogen) atoms. The minimum absolute atomic E-state index is 0.0231. The smallest absolute Gasteiger partial charge is 0.264 e. The van der Waals surface area contributed by atoms with Gasteiger partial charge in [-0.3, -0.25) is 9.10 Å². The van der Waals surface area contributed by atoms with Crippen LogP contribution in [-0.4, -0.2) is 46.7 Å². The SMILES string of the molecule is Cc1ccc(N(CC(C)C)S(=O)(=O)c2ccc(OCC3CNC(=O)CO3)cc2)c(C)c1. The molecule has 0 aromatic heterocycles. The van der Waals surface area contributed by atoms with Gasteiger partial charge < -0.3 is 14.8 Å². The van der Waals surface area contributed by atoms with Crippen LogP contribution >= 0.6 is 0 Å². The Kier molecular flexibility index (Phi) is 7.23. The second kappa shape index (κ2) is 9.70. The van der Waals surface area contributed by atoms with Crippen molar-refractivity contribution >= 4 is 21.6 Å². The zero-order chi connectivity index (χ0) is 22.6. The number of sulfonamides is 1. The van der Waals surface area contributed by atoms with E-state index in [1.54, 1.807) is 24.3 Å². The summed E-state index contributed by atoms with van der Waals surface area (Å²) < 4.78 is 39.5. The molecule has 1 aliphatic heterocycles. The molecule has 2 aromatic rings. The maximum Gasteiger partial charge on any atom is 0.264 e. The number of benzene rings is 2. The molecule has 0 bridgehead atoms. The van der Waals surface area contributed by atoms with E-state index in [9.17, 15) is 13.2 Å². The van der Waals surface area contributed by atoms with Crippen molar-refractivity contribution in [2.24, 2.45) is 5.92 Å². The summed E-state index contributed by atoms with van der Waals surface area (Å²) in [4.78, 5) is 11.3. The van der Waals surface area contributed by atoms with Crippen molar-refractivity contribution in [2.45, 2.75) is 38.7 Å². The molecule has 0 aliphatic carbocycles. The van der Waals surface area contributed by atoms with E-state index in [-0.39, 0.29) is 36.0 Å². The number of carbonyl (C=O) groups is 1. The van der Waals surface area contributed by atoms with E-state index in [2.05, 4.69) is 5.32 Å². The van der Waals surface area contributed by atoms with Crippen LogP contribution in [0.4, 0.5) is 5.69 Å². The fraction of sp³-hybridized carbons (Fsp3) is 0.435. The molecule has 1 amide bonds. The van der Waals surface area contributed by atoms with Gasteiger partial charge in [0.1, 0.15) is 25.1 Å². The average Bonchev–Trinajstić information content (AvgIpc) is 2.72. The minimum Gasteiger partial charge on any atom is -0.491 e. The van der Waals surface area contributed by atoms with Crippen molar-refractivity contribution < 1.29 is 22.7 Å². The number of anilines is 1. The van der Waals surface area contributed by atoms with Gasteiger partial charge in [0, 0.05) is 13.1 Å². The number of nitrogens with one attached hydrogen (secondary N) is 1. The Balaban J connectivity index is 1.77. The van der Waals surface area contributed by atoms with E-state index in [0.29, 0.717) is 24.5 Å². The summed E-state index contributed by atoms with van der Waals surface area (Å²) in [6.45, 7) is 8.99. The van der Waals surface area contributed by atoms with Crippen molar-refractivity contribution in [3.05, 3.63) is 53.6 Å². The third-order valence-corrected chi connectivity index (χ3v) is 6.77. The van der Waals surface area contributed by atoms with Crippen LogP contribution in [0.5, 0.6) is 5.75 Å². The van der Waals surface area contributed by atoms with E-state index in [4.69, 9.17) is 9.47 Å². The second-order valence-corrected chi connectivity index (χ2v) is 10.1. The fourth-order valence-corrected chi connectivity index (χ4v) is 5.10. The lowest BCUT2D eigenvalue weighted by molar-refractivity contribution is -0.134. The molecular weight excluding hydrogens is 416 g/mol. The van der Waals surface area contributed by atoms with Crippen LogP contribution < -0.4 is 14.4 Å². The lowest BCUT2D eigenvalue weighted by atomic mass is 10.1. The van der Waals surface area contributed by atoms with Gasteiger partial charge in [0.05, 0.1) is 10.6 Å². The fourth-order valence-electron chi connectivity index (χ4n) is 3.41. The van der Waals surface area contributed by atoms with E-state index >= 15 is 0 Å². The summed E-state index contributed by atoms with van der Waals surface area (Å²) in [6.07, 6.45) is -0.229. The first-order valence-electron chi connectivity index (χ1n) is 10.4. The minimum atomic E-state index is -3.74. The number of hydrogen-bond acceptors (Lipinski definition) is 5. The third kappa shape index (κ3) is 5.77. The predicted octanol–water partition coefficient (Wildman–Crippen LogP) is 3.05. The van der Waals surface area contributed by atoms with Gasteiger partial charge in [-0.25, -0.2) is 8.42 Å². The Morgan fingerprint density at radius 1 is 1.16 bits per heavy atom. The Labute approximate surface area is 184 Å². The van der Waals surface area contributed by atoms with E-state index in [1.165, 1.54) is 4.31 Å². The highest BCUT2D eigenvalue weighted by atomic mass is 32.2. The Hall–Kier alpha value is -2.58. The standard InChI is InChI=1S/C23H30N2O5S/c1-16(2)13-25(22-10-5-17(3)11-18(22)4)31(27,28)21-8-6-19(7-9-21)29-14-20-12-24-23(26)15-30-20/h5-11,16,20H,12-15H2,1-4H3,(H,24,26). The molecule has 1 heterocycles. The molecular formula is C23H30N2O5S. The van der Waals surface area contributed by atoms with E-state index < -0.39 is 10.0 Å². The van der Waals surface area contributed by atoms with Crippen LogP contribution in [0.15, 0.2) is 47.4 Å². The van der Waals surface area contributed by atoms with Crippen LogP contribution in [0.3, 0.4) is 0 Å². The normalized spacial score (nSPS) is 16.8. The first kappa shape index (κ1) is 23.1. The van der Waals surface area contributed by atoms with Crippen LogP contribution in [0.1, 0.15) is 25.0 Å². The van der Waals surface area contributed by atoms with Crippen LogP contribution in [-0.2, 0) is 19.6 Å². The highest BCUT2D eigenvalue weighted by molar-refractivity contribution is 7.92. The molecule has 168 valence electrons. The molecule has 1 fully saturated rings. The predicted molar refractivity (Wildman–Crippen MR) is 120 cm³/mol. The molecule has 1 unspecified atom stereocenters. The first-order chi connectivity index (χ1) is 14.7. The van der Waals surface area contributed by atoms with Crippen molar-refractivity contribution in [1.29, 1.82) is 0 Å². The molecule has 0 spiro atoms. The van der Waals surface area contributed by atoms with Crippen molar-refractivity contribution in [1.82, 2.24) is 5.32 Å². The molecule has 0 radical (unpaired) electrons. The van der Waals surface area contributed by atoms with Gasteiger partial charge in [0.2, 0.25) is 5.91 Å². The van der Waals surface area contributed by atoms with Crippen LogP contribution in [0.2, 0.25) is 0 Å². The number of nitrogens with zero attached hydrogens (tertiary/aromatic N) is 1. The molecule has 1 N–H and O–H groups in total. The van der Waals surface area contributed by atoms with Gasteiger partial charge >= 0.3 is 0 Å². The maximum atomic E-state index is 13.5. The summed E-state index contributed by atoms with van der Waals surface area (Å²) in [5, 5.41) is 2.72. The molecule has 3 rings (SSSR count). The first-order valence-corrected chi connectivity index (χ1v) is 11.8. The third-order valence-electron chi connectivity index (χ3n) is 4.98. The molecule has 1 aliphatic rings. The Morgan fingerprint density at radius 3 is 2.45 bits per heavy atom. The van der Waals surface area contributed by atoms with E-state index in [1.807, 2.05) is 45.9 Å². The zero-order valence-electron chi connectivity index (χ0n) is 18.4. The summed E-state index contributed by atoms with van der Waals surface area (Å²) in [5.74, 6) is 0.566. The average molecular weight is 447 g/mol. The molecule has 0 saturated carbocycles. The molecule has 1 atom stereocenters.